The monoisotopic (exact) mass is 336 g/mol. The zero-order valence-electron chi connectivity index (χ0n) is 11.3. The van der Waals surface area contributed by atoms with Crippen LogP contribution in [0.15, 0.2) is 33.2 Å². The van der Waals surface area contributed by atoms with Crippen LogP contribution in [-0.4, -0.2) is 18.0 Å². The van der Waals surface area contributed by atoms with Crippen LogP contribution in [0.4, 0.5) is 0 Å². The van der Waals surface area contributed by atoms with Crippen molar-refractivity contribution in [2.45, 2.75) is 25.3 Å². The SMILES string of the molecule is CC(CN)(NC(=O)c1cc2cc(Br)ccc2o1)C1CC1. The molecule has 0 spiro atoms. The van der Waals surface area contributed by atoms with Gasteiger partial charge in [0.15, 0.2) is 5.76 Å². The van der Waals surface area contributed by atoms with E-state index in [0.29, 0.717) is 23.8 Å². The summed E-state index contributed by atoms with van der Waals surface area (Å²) in [6, 6.07) is 7.43. The van der Waals surface area contributed by atoms with Gasteiger partial charge in [0.2, 0.25) is 0 Å². The van der Waals surface area contributed by atoms with Crippen LogP contribution < -0.4 is 11.1 Å². The molecule has 1 aliphatic carbocycles. The van der Waals surface area contributed by atoms with Crippen molar-refractivity contribution in [1.82, 2.24) is 5.32 Å². The Bertz CT molecular complexity index is 663. The van der Waals surface area contributed by atoms with Gasteiger partial charge in [-0.3, -0.25) is 4.79 Å². The molecule has 0 bridgehead atoms. The molecular formula is C15H17BrN2O2. The number of benzene rings is 1. The maximum atomic E-state index is 12.3. The summed E-state index contributed by atoms with van der Waals surface area (Å²) in [7, 11) is 0. The van der Waals surface area contributed by atoms with Crippen molar-refractivity contribution in [3.63, 3.8) is 0 Å². The van der Waals surface area contributed by atoms with Crippen LogP contribution in [0.1, 0.15) is 30.3 Å². The molecule has 1 saturated carbocycles. The van der Waals surface area contributed by atoms with E-state index in [1.165, 1.54) is 0 Å². The van der Waals surface area contributed by atoms with Crippen LogP contribution in [0.2, 0.25) is 0 Å². The summed E-state index contributed by atoms with van der Waals surface area (Å²) in [6.45, 7) is 2.44. The smallest absolute Gasteiger partial charge is 0.287 e. The van der Waals surface area contributed by atoms with Crippen molar-refractivity contribution in [3.8, 4) is 0 Å². The largest absolute Gasteiger partial charge is 0.451 e. The van der Waals surface area contributed by atoms with E-state index in [9.17, 15) is 4.79 Å². The molecule has 0 saturated heterocycles. The molecule has 4 nitrogen and oxygen atoms in total. The number of fused-ring (bicyclic) bond motifs is 1. The molecule has 0 radical (unpaired) electrons. The number of hydrogen-bond acceptors (Lipinski definition) is 3. The molecule has 2 aromatic rings. The van der Waals surface area contributed by atoms with E-state index >= 15 is 0 Å². The molecule has 0 aliphatic heterocycles. The van der Waals surface area contributed by atoms with Crippen LogP contribution >= 0.6 is 15.9 Å². The average molecular weight is 337 g/mol. The van der Waals surface area contributed by atoms with Crippen LogP contribution in [0.5, 0.6) is 0 Å². The molecule has 5 heteroatoms. The van der Waals surface area contributed by atoms with Gasteiger partial charge in [0, 0.05) is 16.4 Å². The van der Waals surface area contributed by atoms with Crippen molar-refractivity contribution in [1.29, 1.82) is 0 Å². The minimum Gasteiger partial charge on any atom is -0.451 e. The summed E-state index contributed by atoms with van der Waals surface area (Å²) >= 11 is 3.41. The Balaban J connectivity index is 1.85. The molecule has 1 aromatic heterocycles. The number of nitrogens with two attached hydrogens (primary N) is 1. The zero-order chi connectivity index (χ0) is 14.3. The Morgan fingerprint density at radius 1 is 1.50 bits per heavy atom. The number of halogens is 1. The summed E-state index contributed by atoms with van der Waals surface area (Å²) in [5, 5.41) is 3.94. The van der Waals surface area contributed by atoms with Gasteiger partial charge in [0.05, 0.1) is 5.54 Å². The Morgan fingerprint density at radius 3 is 2.90 bits per heavy atom. The van der Waals surface area contributed by atoms with Gasteiger partial charge in [-0.05, 0) is 49.9 Å². The first-order valence-corrected chi connectivity index (χ1v) is 7.53. The second-order valence-corrected chi connectivity index (χ2v) is 6.56. The maximum absolute atomic E-state index is 12.3. The summed E-state index contributed by atoms with van der Waals surface area (Å²) in [6.07, 6.45) is 2.25. The number of amides is 1. The van der Waals surface area contributed by atoms with Crippen molar-refractivity contribution in [2.24, 2.45) is 11.7 Å². The lowest BCUT2D eigenvalue weighted by Gasteiger charge is -2.28. The lowest BCUT2D eigenvalue weighted by atomic mass is 9.96. The summed E-state index contributed by atoms with van der Waals surface area (Å²) in [5.41, 5.74) is 6.19. The van der Waals surface area contributed by atoms with E-state index in [1.54, 1.807) is 6.07 Å². The number of nitrogens with one attached hydrogen (secondary N) is 1. The standard InChI is InChI=1S/C15H17BrN2O2/c1-15(8-17,10-2-3-10)18-14(19)13-7-9-6-11(16)4-5-12(9)20-13/h4-7,10H,2-3,8,17H2,1H3,(H,18,19). The van der Waals surface area contributed by atoms with Crippen molar-refractivity contribution in [2.75, 3.05) is 6.54 Å². The Kier molecular flexibility index (Phi) is 3.34. The first-order chi connectivity index (χ1) is 9.51. The minimum absolute atomic E-state index is 0.197. The molecule has 1 aromatic carbocycles. The molecular weight excluding hydrogens is 320 g/mol. The Labute approximate surface area is 125 Å². The van der Waals surface area contributed by atoms with Gasteiger partial charge in [0.25, 0.3) is 5.91 Å². The highest BCUT2D eigenvalue weighted by atomic mass is 79.9. The van der Waals surface area contributed by atoms with Gasteiger partial charge in [-0.15, -0.1) is 0 Å². The Hall–Kier alpha value is -1.33. The van der Waals surface area contributed by atoms with Gasteiger partial charge >= 0.3 is 0 Å². The van der Waals surface area contributed by atoms with Crippen LogP contribution in [0.25, 0.3) is 11.0 Å². The molecule has 1 fully saturated rings. The second kappa shape index (κ2) is 4.90. The normalized spacial score (nSPS) is 17.9. The predicted molar refractivity (Wildman–Crippen MR) is 81.6 cm³/mol. The molecule has 1 heterocycles. The van der Waals surface area contributed by atoms with Gasteiger partial charge in [0.1, 0.15) is 5.58 Å². The van der Waals surface area contributed by atoms with Gasteiger partial charge < -0.3 is 15.5 Å². The number of carbonyl (C=O) groups excluding carboxylic acids is 1. The molecule has 1 unspecified atom stereocenters. The Morgan fingerprint density at radius 2 is 2.25 bits per heavy atom. The second-order valence-electron chi connectivity index (χ2n) is 5.64. The quantitative estimate of drug-likeness (QED) is 0.901. The fourth-order valence-corrected chi connectivity index (χ4v) is 2.87. The third kappa shape index (κ3) is 2.47. The number of carbonyl (C=O) groups is 1. The lowest BCUT2D eigenvalue weighted by molar-refractivity contribution is 0.0871. The summed E-state index contributed by atoms with van der Waals surface area (Å²) < 4.78 is 6.56. The molecule has 1 aliphatic rings. The molecule has 20 heavy (non-hydrogen) atoms. The van der Waals surface area contributed by atoms with Gasteiger partial charge in [-0.2, -0.15) is 0 Å². The van der Waals surface area contributed by atoms with E-state index in [0.717, 1.165) is 22.7 Å². The van der Waals surface area contributed by atoms with E-state index < -0.39 is 0 Å². The minimum atomic E-state index is -0.337. The first-order valence-electron chi connectivity index (χ1n) is 6.73. The van der Waals surface area contributed by atoms with Crippen molar-refractivity contribution in [3.05, 3.63) is 34.5 Å². The highest BCUT2D eigenvalue weighted by Crippen LogP contribution is 2.39. The fraction of sp³-hybridized carbons (Fsp3) is 0.400. The third-order valence-electron chi connectivity index (χ3n) is 4.00. The topological polar surface area (TPSA) is 68.3 Å². The van der Waals surface area contributed by atoms with E-state index in [1.807, 2.05) is 25.1 Å². The van der Waals surface area contributed by atoms with Crippen molar-refractivity contribution < 1.29 is 9.21 Å². The molecule has 1 atom stereocenters. The van der Waals surface area contributed by atoms with Gasteiger partial charge in [-0.25, -0.2) is 0 Å². The van der Waals surface area contributed by atoms with Crippen molar-refractivity contribution >= 4 is 32.8 Å². The lowest BCUT2D eigenvalue weighted by Crippen LogP contribution is -2.53. The first kappa shape index (κ1) is 13.6. The molecule has 106 valence electrons. The number of furan rings is 1. The zero-order valence-corrected chi connectivity index (χ0v) is 12.9. The average Bonchev–Trinajstić information content (AvgIpc) is 3.19. The number of rotatable bonds is 4. The molecule has 3 N–H and O–H groups in total. The fourth-order valence-electron chi connectivity index (χ4n) is 2.49. The molecule has 3 rings (SSSR count). The highest BCUT2D eigenvalue weighted by Gasteiger charge is 2.42. The predicted octanol–water partition coefficient (Wildman–Crippen LogP) is 3.05. The summed E-state index contributed by atoms with van der Waals surface area (Å²) in [5.74, 6) is 0.616. The van der Waals surface area contributed by atoms with E-state index in [4.69, 9.17) is 10.2 Å². The van der Waals surface area contributed by atoms with E-state index in [-0.39, 0.29) is 11.4 Å². The number of hydrogen-bond donors (Lipinski definition) is 2. The van der Waals surface area contributed by atoms with Crippen LogP contribution in [-0.2, 0) is 0 Å². The van der Waals surface area contributed by atoms with Crippen LogP contribution in [0, 0.1) is 5.92 Å². The molecule has 1 amide bonds. The summed E-state index contributed by atoms with van der Waals surface area (Å²) in [4.78, 5) is 12.3. The third-order valence-corrected chi connectivity index (χ3v) is 4.50. The highest BCUT2D eigenvalue weighted by molar-refractivity contribution is 9.10. The van der Waals surface area contributed by atoms with Crippen LogP contribution in [0.3, 0.4) is 0 Å². The van der Waals surface area contributed by atoms with Gasteiger partial charge in [-0.1, -0.05) is 15.9 Å². The maximum Gasteiger partial charge on any atom is 0.287 e. The van der Waals surface area contributed by atoms with E-state index in [2.05, 4.69) is 21.2 Å².